The fourth-order valence-corrected chi connectivity index (χ4v) is 2.52. The number of rotatable bonds is 7. The SMILES string of the molecule is CCCNCc1ccc(-n2ccnc2CCC)c(Cl)c1. The number of aryl methyl sites for hydroxylation is 1. The van der Waals surface area contributed by atoms with Crippen LogP contribution in [0.3, 0.4) is 0 Å². The zero-order valence-electron chi connectivity index (χ0n) is 12.2. The molecule has 0 saturated heterocycles. The second-order valence-electron chi connectivity index (χ2n) is 4.93. The molecule has 0 aliphatic carbocycles. The van der Waals surface area contributed by atoms with Crippen LogP contribution in [0.15, 0.2) is 30.6 Å². The van der Waals surface area contributed by atoms with E-state index < -0.39 is 0 Å². The Morgan fingerprint density at radius 2 is 2.10 bits per heavy atom. The highest BCUT2D eigenvalue weighted by Crippen LogP contribution is 2.23. The number of halogens is 1. The van der Waals surface area contributed by atoms with Crippen LogP contribution in [0.4, 0.5) is 0 Å². The van der Waals surface area contributed by atoms with E-state index in [1.54, 1.807) is 0 Å². The molecule has 1 aromatic heterocycles. The van der Waals surface area contributed by atoms with E-state index in [1.807, 2.05) is 18.5 Å². The maximum atomic E-state index is 6.43. The van der Waals surface area contributed by atoms with Crippen LogP contribution in [0.5, 0.6) is 0 Å². The van der Waals surface area contributed by atoms with Crippen LogP contribution in [-0.4, -0.2) is 16.1 Å². The van der Waals surface area contributed by atoms with Gasteiger partial charge in [-0.1, -0.05) is 31.5 Å². The summed E-state index contributed by atoms with van der Waals surface area (Å²) in [4.78, 5) is 4.40. The third-order valence-corrected chi connectivity index (χ3v) is 3.52. The van der Waals surface area contributed by atoms with Crippen molar-refractivity contribution in [2.24, 2.45) is 0 Å². The van der Waals surface area contributed by atoms with E-state index in [-0.39, 0.29) is 0 Å². The van der Waals surface area contributed by atoms with E-state index in [0.29, 0.717) is 0 Å². The van der Waals surface area contributed by atoms with Crippen LogP contribution < -0.4 is 5.32 Å². The second-order valence-corrected chi connectivity index (χ2v) is 5.33. The number of nitrogens with one attached hydrogen (secondary N) is 1. The van der Waals surface area contributed by atoms with Gasteiger partial charge in [0.1, 0.15) is 5.82 Å². The first-order chi connectivity index (χ1) is 9.76. The van der Waals surface area contributed by atoms with Gasteiger partial charge in [0.25, 0.3) is 0 Å². The summed E-state index contributed by atoms with van der Waals surface area (Å²) in [5.74, 6) is 1.06. The molecule has 1 heterocycles. The van der Waals surface area contributed by atoms with Crippen molar-refractivity contribution < 1.29 is 0 Å². The van der Waals surface area contributed by atoms with Gasteiger partial charge >= 0.3 is 0 Å². The summed E-state index contributed by atoms with van der Waals surface area (Å²) in [6.07, 6.45) is 6.98. The van der Waals surface area contributed by atoms with Gasteiger partial charge in [0.15, 0.2) is 0 Å². The lowest BCUT2D eigenvalue weighted by Gasteiger charge is -2.11. The average molecular weight is 292 g/mol. The third-order valence-electron chi connectivity index (χ3n) is 3.22. The number of hydrogen-bond acceptors (Lipinski definition) is 2. The van der Waals surface area contributed by atoms with Gasteiger partial charge in [-0.05, 0) is 37.1 Å². The number of aromatic nitrogens is 2. The minimum atomic E-state index is 0.774. The second kappa shape index (κ2) is 7.46. The standard InChI is InChI=1S/C16H22ClN3/c1-3-5-16-19-9-10-20(16)15-7-6-13(11-14(15)17)12-18-8-4-2/h6-7,9-11,18H,3-5,8,12H2,1-2H3. The summed E-state index contributed by atoms with van der Waals surface area (Å²) in [5, 5.41) is 4.16. The van der Waals surface area contributed by atoms with Crippen molar-refractivity contribution in [2.45, 2.75) is 39.7 Å². The van der Waals surface area contributed by atoms with Gasteiger partial charge in [0.05, 0.1) is 10.7 Å². The molecular formula is C16H22ClN3. The minimum Gasteiger partial charge on any atom is -0.313 e. The Hall–Kier alpha value is -1.32. The van der Waals surface area contributed by atoms with E-state index in [1.165, 1.54) is 5.56 Å². The first-order valence-corrected chi connectivity index (χ1v) is 7.65. The summed E-state index contributed by atoms with van der Waals surface area (Å²) in [6, 6.07) is 6.24. The van der Waals surface area contributed by atoms with Crippen LogP contribution >= 0.6 is 11.6 Å². The summed E-state index contributed by atoms with van der Waals surface area (Å²) in [5.41, 5.74) is 2.22. The zero-order chi connectivity index (χ0) is 14.4. The Bertz CT molecular complexity index is 548. The number of hydrogen-bond donors (Lipinski definition) is 1. The average Bonchev–Trinajstić information content (AvgIpc) is 2.88. The number of benzene rings is 1. The van der Waals surface area contributed by atoms with Crippen molar-refractivity contribution in [2.75, 3.05) is 6.54 Å². The van der Waals surface area contributed by atoms with Crippen molar-refractivity contribution in [3.8, 4) is 5.69 Å². The predicted octanol–water partition coefficient (Wildman–Crippen LogP) is 3.98. The molecule has 4 heteroatoms. The molecule has 0 aliphatic rings. The lowest BCUT2D eigenvalue weighted by Crippen LogP contribution is -2.13. The largest absolute Gasteiger partial charge is 0.313 e. The van der Waals surface area contributed by atoms with Crippen molar-refractivity contribution in [1.29, 1.82) is 0 Å². The molecular weight excluding hydrogens is 270 g/mol. The maximum absolute atomic E-state index is 6.43. The molecule has 0 spiro atoms. The number of imidazole rings is 1. The number of nitrogens with zero attached hydrogens (tertiary/aromatic N) is 2. The Labute approximate surface area is 126 Å². The Balaban J connectivity index is 2.18. The molecule has 2 rings (SSSR count). The molecule has 0 unspecified atom stereocenters. The van der Waals surface area contributed by atoms with E-state index in [4.69, 9.17) is 11.6 Å². The van der Waals surface area contributed by atoms with Crippen molar-refractivity contribution in [3.05, 3.63) is 47.0 Å². The quantitative estimate of drug-likeness (QED) is 0.782. The molecule has 0 amide bonds. The normalized spacial score (nSPS) is 10.9. The molecule has 3 nitrogen and oxygen atoms in total. The molecule has 0 atom stereocenters. The lowest BCUT2D eigenvalue weighted by atomic mass is 10.2. The molecule has 2 aromatic rings. The molecule has 1 aromatic carbocycles. The summed E-state index contributed by atoms with van der Waals surface area (Å²) in [7, 11) is 0. The van der Waals surface area contributed by atoms with Crippen LogP contribution in [0, 0.1) is 0 Å². The highest BCUT2D eigenvalue weighted by atomic mass is 35.5. The van der Waals surface area contributed by atoms with Crippen molar-refractivity contribution in [1.82, 2.24) is 14.9 Å². The van der Waals surface area contributed by atoms with Crippen LogP contribution in [0.2, 0.25) is 5.02 Å². The van der Waals surface area contributed by atoms with Crippen LogP contribution in [-0.2, 0) is 13.0 Å². The van der Waals surface area contributed by atoms with E-state index in [9.17, 15) is 0 Å². The lowest BCUT2D eigenvalue weighted by molar-refractivity contribution is 0.675. The zero-order valence-corrected chi connectivity index (χ0v) is 13.0. The molecule has 0 aliphatic heterocycles. The Kier molecular flexibility index (Phi) is 5.62. The fraction of sp³-hybridized carbons (Fsp3) is 0.438. The highest BCUT2D eigenvalue weighted by molar-refractivity contribution is 6.32. The monoisotopic (exact) mass is 291 g/mol. The molecule has 108 valence electrons. The molecule has 0 bridgehead atoms. The van der Waals surface area contributed by atoms with Gasteiger partial charge in [-0.3, -0.25) is 0 Å². The molecule has 0 radical (unpaired) electrons. The maximum Gasteiger partial charge on any atom is 0.113 e. The minimum absolute atomic E-state index is 0.774. The van der Waals surface area contributed by atoms with Crippen molar-refractivity contribution in [3.63, 3.8) is 0 Å². The van der Waals surface area contributed by atoms with Gasteiger partial charge in [-0.25, -0.2) is 4.98 Å². The van der Waals surface area contributed by atoms with Crippen molar-refractivity contribution >= 4 is 11.6 Å². The summed E-state index contributed by atoms with van der Waals surface area (Å²) in [6.45, 7) is 6.21. The molecule has 0 saturated carbocycles. The van der Waals surface area contributed by atoms with E-state index in [0.717, 1.165) is 48.9 Å². The summed E-state index contributed by atoms with van der Waals surface area (Å²) >= 11 is 6.43. The van der Waals surface area contributed by atoms with E-state index >= 15 is 0 Å². The molecule has 20 heavy (non-hydrogen) atoms. The Morgan fingerprint density at radius 3 is 2.80 bits per heavy atom. The van der Waals surface area contributed by atoms with Gasteiger partial charge in [0.2, 0.25) is 0 Å². The smallest absolute Gasteiger partial charge is 0.113 e. The predicted molar refractivity (Wildman–Crippen MR) is 84.6 cm³/mol. The van der Waals surface area contributed by atoms with E-state index in [2.05, 4.69) is 40.8 Å². The van der Waals surface area contributed by atoms with Crippen LogP contribution in [0.25, 0.3) is 5.69 Å². The van der Waals surface area contributed by atoms with Gasteiger partial charge in [-0.2, -0.15) is 0 Å². The summed E-state index contributed by atoms with van der Waals surface area (Å²) < 4.78 is 2.08. The topological polar surface area (TPSA) is 29.9 Å². The Morgan fingerprint density at radius 1 is 1.25 bits per heavy atom. The first kappa shape index (κ1) is 15.1. The van der Waals surface area contributed by atoms with Gasteiger partial charge < -0.3 is 9.88 Å². The highest BCUT2D eigenvalue weighted by Gasteiger charge is 2.08. The third kappa shape index (κ3) is 3.62. The first-order valence-electron chi connectivity index (χ1n) is 7.28. The molecule has 1 N–H and O–H groups in total. The molecule has 0 fully saturated rings. The van der Waals surface area contributed by atoms with Gasteiger partial charge in [-0.15, -0.1) is 0 Å². The van der Waals surface area contributed by atoms with Crippen LogP contribution in [0.1, 0.15) is 38.1 Å². The van der Waals surface area contributed by atoms with Gasteiger partial charge in [0, 0.05) is 25.4 Å². The fourth-order valence-electron chi connectivity index (χ4n) is 2.23.